The van der Waals surface area contributed by atoms with Gasteiger partial charge in [0.25, 0.3) is 5.56 Å². The number of pyridine rings is 1. The number of H-pyrrole nitrogens is 2. The van der Waals surface area contributed by atoms with Gasteiger partial charge in [-0.1, -0.05) is 17.7 Å². The summed E-state index contributed by atoms with van der Waals surface area (Å²) in [4.78, 5) is 33.6. The van der Waals surface area contributed by atoms with Gasteiger partial charge in [0.05, 0.1) is 17.8 Å². The Kier molecular flexibility index (Phi) is 4.64. The first-order valence-corrected chi connectivity index (χ1v) is 11.5. The monoisotopic (exact) mass is 471 g/mol. The molecule has 6 rings (SSSR count). The Labute approximate surface area is 200 Å². The molecule has 3 aliphatic heterocycles. The third-order valence-electron chi connectivity index (χ3n) is 6.70. The maximum atomic E-state index is 13.2. The molecule has 2 aromatic carbocycles. The lowest BCUT2D eigenvalue weighted by atomic mass is 9.95. The number of carbonyl (C=O) groups excluding carboxylic acids is 1. The molecular weight excluding hydrogens is 450 g/mol. The Morgan fingerprint density at radius 1 is 1.15 bits per heavy atom. The van der Waals surface area contributed by atoms with Gasteiger partial charge >= 0.3 is 0 Å². The van der Waals surface area contributed by atoms with Crippen molar-refractivity contribution in [3.8, 4) is 28.1 Å². The van der Waals surface area contributed by atoms with E-state index < -0.39 is 0 Å². The summed E-state index contributed by atoms with van der Waals surface area (Å²) in [6.07, 6.45) is 2.53. The summed E-state index contributed by atoms with van der Waals surface area (Å²) < 4.78 is 1.42. The Morgan fingerprint density at radius 3 is 2.71 bits per heavy atom. The number of nitrogens with one attached hydrogen (secondary N) is 2. The fraction of sp³-hybridized carbons (Fsp3) is 0.192. The van der Waals surface area contributed by atoms with Crippen molar-refractivity contribution >= 4 is 28.4 Å². The first kappa shape index (κ1) is 20.7. The van der Waals surface area contributed by atoms with Crippen LogP contribution in [-0.4, -0.2) is 37.1 Å². The Hall–Kier alpha value is -3.84. The molecule has 0 saturated carbocycles. The molecule has 0 bridgehead atoms. The van der Waals surface area contributed by atoms with Crippen molar-refractivity contribution in [1.82, 2.24) is 24.6 Å². The van der Waals surface area contributed by atoms with E-state index in [-0.39, 0.29) is 11.5 Å². The first-order valence-electron chi connectivity index (χ1n) is 11.2. The van der Waals surface area contributed by atoms with Crippen LogP contribution in [0.2, 0.25) is 5.02 Å². The molecule has 8 heteroatoms. The molecule has 0 fully saturated rings. The minimum Gasteiger partial charge on any atom is -0.364 e. The molecule has 0 unspecified atom stereocenters. The van der Waals surface area contributed by atoms with Crippen molar-refractivity contribution in [2.75, 3.05) is 6.54 Å². The van der Waals surface area contributed by atoms with Gasteiger partial charge in [-0.15, -0.1) is 0 Å². The highest BCUT2D eigenvalue weighted by molar-refractivity contribution is 6.30. The van der Waals surface area contributed by atoms with Crippen molar-refractivity contribution < 1.29 is 4.79 Å². The van der Waals surface area contributed by atoms with E-state index >= 15 is 0 Å². The molecule has 2 N–H and O–H groups in total. The summed E-state index contributed by atoms with van der Waals surface area (Å²) in [6, 6.07) is 13.3. The lowest BCUT2D eigenvalue weighted by Crippen LogP contribution is -2.34. The molecule has 4 heterocycles. The molecule has 3 aliphatic rings. The normalized spacial score (nSPS) is 13.6. The van der Waals surface area contributed by atoms with Gasteiger partial charge in [0.2, 0.25) is 5.91 Å². The second kappa shape index (κ2) is 7.60. The van der Waals surface area contributed by atoms with Crippen LogP contribution in [0.15, 0.2) is 53.5 Å². The number of amides is 1. The molecule has 0 spiro atoms. The third-order valence-corrected chi connectivity index (χ3v) is 6.96. The van der Waals surface area contributed by atoms with E-state index in [4.69, 9.17) is 16.7 Å². The SMILES string of the molecule is CC(=O)N1CCc2c([nH]c3ccc(-c4c5nn(-c6ccc(Cl)cc6)c(=O)c-5c[nH]c4C)cc23)C1. The molecule has 0 aliphatic carbocycles. The van der Waals surface area contributed by atoms with Crippen LogP contribution >= 0.6 is 11.6 Å². The zero-order valence-corrected chi connectivity index (χ0v) is 19.5. The van der Waals surface area contributed by atoms with Gasteiger partial charge in [-0.3, -0.25) is 9.59 Å². The second-order valence-electron chi connectivity index (χ2n) is 8.78. The fourth-order valence-electron chi connectivity index (χ4n) is 4.94. The van der Waals surface area contributed by atoms with E-state index in [0.717, 1.165) is 39.8 Å². The van der Waals surface area contributed by atoms with Crippen LogP contribution in [0.25, 0.3) is 39.0 Å². The lowest BCUT2D eigenvalue weighted by molar-refractivity contribution is -0.129. The average Bonchev–Trinajstić information content (AvgIpc) is 3.36. The van der Waals surface area contributed by atoms with E-state index in [9.17, 15) is 9.59 Å². The van der Waals surface area contributed by atoms with E-state index in [1.165, 1.54) is 10.2 Å². The highest BCUT2D eigenvalue weighted by Gasteiger charge is 2.25. The number of nitrogens with zero attached hydrogens (tertiary/aromatic N) is 3. The Balaban J connectivity index is 1.51. The van der Waals surface area contributed by atoms with Crippen molar-refractivity contribution in [3.63, 3.8) is 0 Å². The highest BCUT2D eigenvalue weighted by atomic mass is 35.5. The van der Waals surface area contributed by atoms with Gasteiger partial charge in [-0.2, -0.15) is 9.78 Å². The first-order chi connectivity index (χ1) is 16.4. The summed E-state index contributed by atoms with van der Waals surface area (Å²) in [5.74, 6) is 0.0903. The standard InChI is InChI=1S/C26H22ClN5O2/c1-14-24(25-21(12-28-14)26(34)32(30-25)18-6-4-17(27)5-7-18)16-3-8-22-20(11-16)19-9-10-31(15(2)33)13-23(19)29-22/h3-8,11-12,28-29H,9-10,13H2,1-2H3. The molecule has 170 valence electrons. The number of aryl methyl sites for hydroxylation is 1. The van der Waals surface area contributed by atoms with Crippen LogP contribution in [0.4, 0.5) is 0 Å². The zero-order chi connectivity index (χ0) is 23.6. The maximum Gasteiger partial charge on any atom is 0.282 e. The largest absolute Gasteiger partial charge is 0.364 e. The topological polar surface area (TPSA) is 86.8 Å². The lowest BCUT2D eigenvalue weighted by Gasteiger charge is -2.25. The molecule has 3 aromatic rings. The smallest absolute Gasteiger partial charge is 0.282 e. The number of rotatable bonds is 2. The summed E-state index contributed by atoms with van der Waals surface area (Å²) in [7, 11) is 0. The van der Waals surface area contributed by atoms with Crippen LogP contribution in [0.1, 0.15) is 23.9 Å². The quantitative estimate of drug-likeness (QED) is 0.392. The predicted octanol–water partition coefficient (Wildman–Crippen LogP) is 4.68. The molecule has 34 heavy (non-hydrogen) atoms. The van der Waals surface area contributed by atoms with Crippen LogP contribution in [-0.2, 0) is 17.8 Å². The highest BCUT2D eigenvalue weighted by Crippen LogP contribution is 2.36. The van der Waals surface area contributed by atoms with Crippen molar-refractivity contribution in [2.45, 2.75) is 26.8 Å². The van der Waals surface area contributed by atoms with Gasteiger partial charge < -0.3 is 14.9 Å². The van der Waals surface area contributed by atoms with E-state index in [1.807, 2.05) is 11.8 Å². The summed E-state index contributed by atoms with van der Waals surface area (Å²) >= 11 is 6.02. The number of aromatic amines is 2. The Bertz CT molecular complexity index is 1610. The van der Waals surface area contributed by atoms with Gasteiger partial charge in [0.15, 0.2) is 0 Å². The summed E-state index contributed by atoms with van der Waals surface area (Å²) in [5, 5.41) is 6.47. The number of carbonyl (C=O) groups is 1. The number of aromatic nitrogens is 4. The maximum absolute atomic E-state index is 13.2. The van der Waals surface area contributed by atoms with Gasteiger partial charge in [-0.25, -0.2) is 0 Å². The molecule has 1 amide bonds. The van der Waals surface area contributed by atoms with Gasteiger partial charge in [0, 0.05) is 52.5 Å². The van der Waals surface area contributed by atoms with Crippen molar-refractivity contribution in [1.29, 1.82) is 0 Å². The number of halogens is 1. The minimum atomic E-state index is -0.181. The summed E-state index contributed by atoms with van der Waals surface area (Å²) in [5.41, 5.74) is 7.88. The second-order valence-corrected chi connectivity index (χ2v) is 9.21. The van der Waals surface area contributed by atoms with Crippen molar-refractivity contribution in [2.24, 2.45) is 0 Å². The van der Waals surface area contributed by atoms with Crippen LogP contribution in [0.5, 0.6) is 0 Å². The average molecular weight is 472 g/mol. The molecule has 0 radical (unpaired) electrons. The molecule has 7 nitrogen and oxygen atoms in total. The molecular formula is C26H22ClN5O2. The molecule has 1 aromatic heterocycles. The number of fused-ring (bicyclic) bond motifs is 4. The van der Waals surface area contributed by atoms with Crippen LogP contribution in [0.3, 0.4) is 0 Å². The van der Waals surface area contributed by atoms with E-state index in [2.05, 4.69) is 28.2 Å². The van der Waals surface area contributed by atoms with E-state index in [0.29, 0.717) is 35.1 Å². The van der Waals surface area contributed by atoms with Crippen molar-refractivity contribution in [3.05, 3.63) is 81.0 Å². The van der Waals surface area contributed by atoms with Gasteiger partial charge in [-0.05, 0) is 60.9 Å². The predicted molar refractivity (Wildman–Crippen MR) is 133 cm³/mol. The van der Waals surface area contributed by atoms with Gasteiger partial charge in [0.1, 0.15) is 5.69 Å². The summed E-state index contributed by atoms with van der Waals surface area (Å²) in [6.45, 7) is 4.91. The zero-order valence-electron chi connectivity index (χ0n) is 18.8. The van der Waals surface area contributed by atoms with Crippen LogP contribution in [0, 0.1) is 6.92 Å². The minimum absolute atomic E-state index is 0.0903. The molecule has 0 saturated heterocycles. The number of hydrogen-bond donors (Lipinski definition) is 2. The fourth-order valence-corrected chi connectivity index (χ4v) is 5.06. The molecule has 0 atom stereocenters. The van der Waals surface area contributed by atoms with E-state index in [1.54, 1.807) is 37.4 Å². The Morgan fingerprint density at radius 2 is 1.94 bits per heavy atom. The third kappa shape index (κ3) is 3.15. The van der Waals surface area contributed by atoms with Crippen LogP contribution < -0.4 is 5.56 Å². The number of hydrogen-bond acceptors (Lipinski definition) is 3. The number of benzene rings is 2.